The Hall–Kier alpha value is -6.88. The predicted molar refractivity (Wildman–Crippen MR) is 250 cm³/mol. The van der Waals surface area contributed by atoms with Gasteiger partial charge in [0.1, 0.15) is 57.5 Å². The Bertz CT molecular complexity index is 2910. The van der Waals surface area contributed by atoms with Gasteiger partial charge in [-0.25, -0.2) is 36.8 Å². The van der Waals surface area contributed by atoms with Crippen LogP contribution in [0.4, 0.5) is 0 Å². The molecule has 0 radical (unpaired) electrons. The summed E-state index contributed by atoms with van der Waals surface area (Å²) < 4.78 is 89.6. The van der Waals surface area contributed by atoms with E-state index in [1.807, 2.05) is 0 Å². The van der Waals surface area contributed by atoms with E-state index in [0.717, 1.165) is 0 Å². The summed E-state index contributed by atoms with van der Waals surface area (Å²) >= 11 is 11.7. The molecule has 0 aliphatic rings. The molecular weight excluding hydrogens is 964 g/mol. The first-order valence-electron chi connectivity index (χ1n) is 20.4. The zero-order valence-corrected chi connectivity index (χ0v) is 40.5. The number of ether oxygens (including phenoxy) is 4. The molecule has 6 aromatic heterocycles. The van der Waals surface area contributed by atoms with Crippen molar-refractivity contribution in [3.63, 3.8) is 0 Å². The molecule has 0 fully saturated rings. The van der Waals surface area contributed by atoms with Crippen LogP contribution in [-0.2, 0) is 44.0 Å². The summed E-state index contributed by atoms with van der Waals surface area (Å²) in [6.45, 7) is 3.20. The smallest absolute Gasteiger partial charge is 0.204 e. The number of rotatable bonds is 18. The van der Waals surface area contributed by atoms with Crippen molar-refractivity contribution >= 4 is 42.9 Å². The van der Waals surface area contributed by atoms with Crippen molar-refractivity contribution in [1.29, 1.82) is 0 Å². The van der Waals surface area contributed by atoms with Crippen LogP contribution in [0.15, 0.2) is 107 Å². The van der Waals surface area contributed by atoms with Gasteiger partial charge in [0.2, 0.25) is 11.6 Å². The maximum atomic E-state index is 13.3. The van der Waals surface area contributed by atoms with Crippen LogP contribution in [-0.4, -0.2) is 105 Å². The molecule has 68 heavy (non-hydrogen) atoms. The van der Waals surface area contributed by atoms with Gasteiger partial charge in [-0.2, -0.15) is 0 Å². The quantitative estimate of drug-likeness (QED) is 0.0834. The monoisotopic (exact) mass is 1010 g/mol. The standard InChI is InChI=1S/2C22H22ClN5O5S/c2*1-14(10-19-24-11-15(23)12-25-19)34(29,30)13-20-26-27-22(18-8-5-9-33-18)28(20)21-16(31-2)6-4-7-17(21)32-3/h2*4-9,11-12,14H,10,13H2,1-3H3/t2*14-/m10/s1. The van der Waals surface area contributed by atoms with Crippen molar-refractivity contribution in [3.8, 4) is 57.5 Å². The second-order valence-electron chi connectivity index (χ2n) is 14.8. The maximum absolute atomic E-state index is 13.3. The molecular formula is C44H44Cl2N10O10S2. The number of hydrogen-bond donors (Lipinski definition) is 0. The van der Waals surface area contributed by atoms with E-state index in [4.69, 9.17) is 51.0 Å². The minimum absolute atomic E-state index is 0.122. The molecule has 356 valence electrons. The first-order chi connectivity index (χ1) is 32.7. The van der Waals surface area contributed by atoms with Crippen LogP contribution in [0.2, 0.25) is 10.0 Å². The summed E-state index contributed by atoms with van der Waals surface area (Å²) in [5.41, 5.74) is 0.922. The minimum Gasteiger partial charge on any atom is -0.494 e. The van der Waals surface area contributed by atoms with Gasteiger partial charge in [-0.05, 0) is 62.4 Å². The van der Waals surface area contributed by atoms with Crippen LogP contribution < -0.4 is 18.9 Å². The lowest BCUT2D eigenvalue weighted by molar-refractivity contribution is 0.390. The number of benzene rings is 2. The fourth-order valence-electron chi connectivity index (χ4n) is 6.83. The van der Waals surface area contributed by atoms with Crippen LogP contribution in [0.5, 0.6) is 23.0 Å². The van der Waals surface area contributed by atoms with Gasteiger partial charge >= 0.3 is 0 Å². The average molecular weight is 1010 g/mol. The molecule has 0 bridgehead atoms. The number of furan rings is 2. The van der Waals surface area contributed by atoms with E-state index in [-0.39, 0.29) is 24.5 Å². The van der Waals surface area contributed by atoms with Gasteiger partial charge in [0, 0.05) is 37.6 Å². The number of para-hydroxylation sites is 2. The van der Waals surface area contributed by atoms with Gasteiger partial charge in [0.25, 0.3) is 0 Å². The number of hydrogen-bond acceptors (Lipinski definition) is 18. The molecule has 8 rings (SSSR count). The van der Waals surface area contributed by atoms with E-state index < -0.39 is 41.7 Å². The first kappa shape index (κ1) is 49.0. The van der Waals surface area contributed by atoms with Crippen LogP contribution in [0, 0.1) is 0 Å². The highest BCUT2D eigenvalue weighted by Gasteiger charge is 2.32. The number of aromatic nitrogens is 10. The van der Waals surface area contributed by atoms with Crippen molar-refractivity contribution in [3.05, 3.63) is 131 Å². The molecule has 0 aliphatic carbocycles. The molecule has 20 nitrogen and oxygen atoms in total. The number of halogens is 2. The van der Waals surface area contributed by atoms with E-state index >= 15 is 0 Å². The molecule has 0 aliphatic heterocycles. The van der Waals surface area contributed by atoms with Crippen molar-refractivity contribution in [2.75, 3.05) is 28.4 Å². The van der Waals surface area contributed by atoms with E-state index in [0.29, 0.717) is 79.2 Å². The highest BCUT2D eigenvalue weighted by Crippen LogP contribution is 2.38. The molecule has 0 saturated heterocycles. The lowest BCUT2D eigenvalue weighted by Crippen LogP contribution is -2.24. The largest absolute Gasteiger partial charge is 0.494 e. The van der Waals surface area contributed by atoms with Crippen LogP contribution >= 0.6 is 23.2 Å². The van der Waals surface area contributed by atoms with Crippen molar-refractivity contribution in [2.45, 2.75) is 48.7 Å². The zero-order chi connectivity index (χ0) is 48.6. The third kappa shape index (κ3) is 10.9. The molecule has 6 heterocycles. The molecule has 0 spiro atoms. The van der Waals surface area contributed by atoms with Crippen molar-refractivity contribution < 1.29 is 44.6 Å². The van der Waals surface area contributed by atoms with E-state index in [2.05, 4.69) is 40.3 Å². The summed E-state index contributed by atoms with van der Waals surface area (Å²) in [5, 5.41) is 16.0. The molecule has 0 saturated carbocycles. The topological polar surface area (TPSA) is 244 Å². The summed E-state index contributed by atoms with van der Waals surface area (Å²) in [4.78, 5) is 16.4. The van der Waals surface area contributed by atoms with Gasteiger partial charge in [-0.15, -0.1) is 20.4 Å². The minimum atomic E-state index is -3.70. The van der Waals surface area contributed by atoms with Crippen molar-refractivity contribution in [1.82, 2.24) is 49.5 Å². The average Bonchev–Trinajstić information content (AvgIpc) is 4.19. The SMILES string of the molecule is COc1cccc(OC)c1-n1c(CS(=O)(=O)[C@@H](C)Cc2ncc(Cl)cn2)nnc1-c1ccco1.COc1cccc(OC)c1-n1c(CS(=O)(=O)[C@H](C)Cc2ncc(Cl)cn2)nnc1-c1ccco1. The second kappa shape index (κ2) is 21.4. The Balaban J connectivity index is 0.000000201. The lowest BCUT2D eigenvalue weighted by Gasteiger charge is -2.17. The first-order valence-corrected chi connectivity index (χ1v) is 24.6. The number of sulfone groups is 2. The van der Waals surface area contributed by atoms with Gasteiger partial charge < -0.3 is 27.8 Å². The highest BCUT2D eigenvalue weighted by atomic mass is 35.5. The summed E-state index contributed by atoms with van der Waals surface area (Å²) in [6.07, 6.45) is 8.98. The normalized spacial score (nSPS) is 12.5. The predicted octanol–water partition coefficient (Wildman–Crippen LogP) is 7.07. The number of methoxy groups -OCH3 is 4. The molecule has 2 atom stereocenters. The summed E-state index contributed by atoms with van der Waals surface area (Å²) in [7, 11) is -1.34. The van der Waals surface area contributed by atoms with E-state index in [1.165, 1.54) is 65.8 Å². The van der Waals surface area contributed by atoms with Crippen LogP contribution in [0.3, 0.4) is 0 Å². The fraction of sp³-hybridized carbons (Fsp3) is 0.273. The van der Waals surface area contributed by atoms with E-state index in [9.17, 15) is 16.8 Å². The molecule has 0 N–H and O–H groups in total. The third-order valence-corrected chi connectivity index (χ3v) is 14.9. The second-order valence-corrected chi connectivity index (χ2v) is 20.5. The molecule has 24 heteroatoms. The molecule has 0 unspecified atom stereocenters. The maximum Gasteiger partial charge on any atom is 0.204 e. The van der Waals surface area contributed by atoms with Crippen LogP contribution in [0.1, 0.15) is 37.1 Å². The number of nitrogens with zero attached hydrogens (tertiary/aromatic N) is 10. The Kier molecular flexibility index (Phi) is 15.4. The van der Waals surface area contributed by atoms with Gasteiger partial charge in [0.05, 0.1) is 61.5 Å². The Morgan fingerprint density at radius 3 is 1.16 bits per heavy atom. The highest BCUT2D eigenvalue weighted by molar-refractivity contribution is 7.91. The Morgan fingerprint density at radius 1 is 0.529 bits per heavy atom. The lowest BCUT2D eigenvalue weighted by atomic mass is 10.2. The van der Waals surface area contributed by atoms with E-state index in [1.54, 1.807) is 83.6 Å². The Labute approximate surface area is 401 Å². The van der Waals surface area contributed by atoms with Gasteiger partial charge in [-0.1, -0.05) is 35.3 Å². The zero-order valence-electron chi connectivity index (χ0n) is 37.3. The molecule has 2 aromatic carbocycles. The fourth-order valence-corrected chi connectivity index (χ4v) is 9.49. The van der Waals surface area contributed by atoms with Crippen molar-refractivity contribution in [2.24, 2.45) is 0 Å². The Morgan fingerprint density at radius 2 is 0.868 bits per heavy atom. The summed E-state index contributed by atoms with van der Waals surface area (Å²) in [6, 6.07) is 17.3. The van der Waals surface area contributed by atoms with Gasteiger partial charge in [-0.3, -0.25) is 9.13 Å². The summed E-state index contributed by atoms with van der Waals surface area (Å²) in [5.74, 6) is 3.58. The van der Waals surface area contributed by atoms with Gasteiger partial charge in [0.15, 0.2) is 42.8 Å². The molecule has 8 aromatic rings. The third-order valence-electron chi connectivity index (χ3n) is 10.4. The molecule has 0 amide bonds. The van der Waals surface area contributed by atoms with Crippen LogP contribution in [0.25, 0.3) is 34.5 Å².